The van der Waals surface area contributed by atoms with Crippen molar-refractivity contribution >= 4 is 29.0 Å². The van der Waals surface area contributed by atoms with Gasteiger partial charge in [0.05, 0.1) is 23.4 Å². The number of pyridine rings is 1. The van der Waals surface area contributed by atoms with Gasteiger partial charge in [0, 0.05) is 10.9 Å². The van der Waals surface area contributed by atoms with Gasteiger partial charge in [0.25, 0.3) is 0 Å². The average Bonchev–Trinajstić information content (AvgIpc) is 2.60. The Balaban J connectivity index is 2.17. The molecular formula is C22H21NO2. The van der Waals surface area contributed by atoms with E-state index in [4.69, 9.17) is 4.74 Å². The predicted octanol–water partition coefficient (Wildman–Crippen LogP) is 5.20. The molecule has 0 saturated carbocycles. The summed E-state index contributed by atoms with van der Waals surface area (Å²) in [6.07, 6.45) is 4.00. The van der Waals surface area contributed by atoms with Gasteiger partial charge in [-0.15, -0.1) is 0 Å². The van der Waals surface area contributed by atoms with Gasteiger partial charge in [-0.25, -0.2) is 4.79 Å². The first-order valence-corrected chi connectivity index (χ1v) is 8.41. The van der Waals surface area contributed by atoms with Crippen LogP contribution in [0, 0.1) is 13.8 Å². The molecule has 0 bridgehead atoms. The Hall–Kier alpha value is -2.94. The highest BCUT2D eigenvalue weighted by molar-refractivity contribution is 6.03. The molecule has 0 saturated heterocycles. The molecule has 0 fully saturated rings. The minimum Gasteiger partial charge on any atom is -0.462 e. The third-order valence-electron chi connectivity index (χ3n) is 4.11. The van der Waals surface area contributed by atoms with Gasteiger partial charge in [-0.1, -0.05) is 60.2 Å². The van der Waals surface area contributed by atoms with E-state index in [2.05, 4.69) is 36.2 Å². The van der Waals surface area contributed by atoms with Crippen LogP contribution >= 0.6 is 0 Å². The molecule has 0 amide bonds. The van der Waals surface area contributed by atoms with Crippen LogP contribution in [0.4, 0.5) is 0 Å². The molecule has 0 N–H and O–H groups in total. The standard InChI is InChI=1S/C22H21NO2/c1-4-25-22(24)21-16(3)23-20-8-6-5-7-18(20)19(21)14-13-17-11-9-15(2)10-12-17/h5-14H,4H2,1-3H3/b14-13+. The molecule has 3 rings (SSSR count). The van der Waals surface area contributed by atoms with E-state index in [0.717, 1.165) is 22.0 Å². The summed E-state index contributed by atoms with van der Waals surface area (Å²) in [5, 5.41) is 0.944. The fraction of sp³-hybridized carbons (Fsp3) is 0.182. The number of rotatable bonds is 4. The smallest absolute Gasteiger partial charge is 0.340 e. The van der Waals surface area contributed by atoms with Crippen molar-refractivity contribution in [2.75, 3.05) is 6.61 Å². The van der Waals surface area contributed by atoms with E-state index in [1.54, 1.807) is 0 Å². The Labute approximate surface area is 148 Å². The van der Waals surface area contributed by atoms with Gasteiger partial charge in [0.2, 0.25) is 0 Å². The van der Waals surface area contributed by atoms with E-state index < -0.39 is 0 Å². The van der Waals surface area contributed by atoms with Crippen LogP contribution in [-0.4, -0.2) is 17.6 Å². The Morgan fingerprint density at radius 3 is 2.48 bits per heavy atom. The Morgan fingerprint density at radius 1 is 1.04 bits per heavy atom. The van der Waals surface area contributed by atoms with Crippen molar-refractivity contribution in [2.24, 2.45) is 0 Å². The Kier molecular flexibility index (Phi) is 4.94. The van der Waals surface area contributed by atoms with Gasteiger partial charge < -0.3 is 4.74 Å². The maximum Gasteiger partial charge on any atom is 0.340 e. The van der Waals surface area contributed by atoms with Crippen molar-refractivity contribution in [2.45, 2.75) is 20.8 Å². The van der Waals surface area contributed by atoms with Crippen molar-refractivity contribution in [1.82, 2.24) is 4.98 Å². The molecule has 0 aliphatic carbocycles. The molecule has 0 aliphatic rings. The highest BCUT2D eigenvalue weighted by Gasteiger charge is 2.18. The van der Waals surface area contributed by atoms with Gasteiger partial charge >= 0.3 is 5.97 Å². The van der Waals surface area contributed by atoms with Crippen LogP contribution in [0.1, 0.15) is 39.7 Å². The second-order valence-electron chi connectivity index (χ2n) is 5.97. The van der Waals surface area contributed by atoms with E-state index in [-0.39, 0.29) is 5.97 Å². The summed E-state index contributed by atoms with van der Waals surface area (Å²) >= 11 is 0. The van der Waals surface area contributed by atoms with Crippen LogP contribution in [0.2, 0.25) is 0 Å². The molecule has 3 aromatic rings. The van der Waals surface area contributed by atoms with Gasteiger partial charge in [-0.2, -0.15) is 0 Å². The van der Waals surface area contributed by atoms with E-state index >= 15 is 0 Å². The second kappa shape index (κ2) is 7.31. The summed E-state index contributed by atoms with van der Waals surface area (Å²) in [7, 11) is 0. The number of aromatic nitrogens is 1. The molecule has 0 atom stereocenters. The fourth-order valence-corrected chi connectivity index (χ4v) is 2.86. The molecule has 3 heteroatoms. The number of hydrogen-bond acceptors (Lipinski definition) is 3. The SMILES string of the molecule is CCOC(=O)c1c(C)nc2ccccc2c1/C=C/c1ccc(C)cc1. The van der Waals surface area contributed by atoms with Gasteiger partial charge in [-0.3, -0.25) is 4.98 Å². The number of benzene rings is 2. The molecule has 1 aromatic heterocycles. The lowest BCUT2D eigenvalue weighted by Gasteiger charge is -2.12. The van der Waals surface area contributed by atoms with Crippen molar-refractivity contribution in [3.05, 3.63) is 76.5 Å². The summed E-state index contributed by atoms with van der Waals surface area (Å²) < 4.78 is 5.25. The number of fused-ring (bicyclic) bond motifs is 1. The van der Waals surface area contributed by atoms with Crippen molar-refractivity contribution in [3.8, 4) is 0 Å². The lowest BCUT2D eigenvalue weighted by atomic mass is 9.99. The predicted molar refractivity (Wildman–Crippen MR) is 103 cm³/mol. The number of hydrogen-bond donors (Lipinski definition) is 0. The Bertz CT molecular complexity index is 940. The van der Waals surface area contributed by atoms with Crippen molar-refractivity contribution in [3.63, 3.8) is 0 Å². The summed E-state index contributed by atoms with van der Waals surface area (Å²) in [6, 6.07) is 16.1. The van der Waals surface area contributed by atoms with E-state index in [1.165, 1.54) is 5.56 Å². The third kappa shape index (κ3) is 3.61. The highest BCUT2D eigenvalue weighted by atomic mass is 16.5. The van der Waals surface area contributed by atoms with Gasteiger partial charge in [0.15, 0.2) is 0 Å². The third-order valence-corrected chi connectivity index (χ3v) is 4.11. The number of para-hydroxylation sites is 1. The zero-order valence-corrected chi connectivity index (χ0v) is 14.7. The van der Waals surface area contributed by atoms with Crippen LogP contribution in [-0.2, 0) is 4.74 Å². The molecule has 25 heavy (non-hydrogen) atoms. The lowest BCUT2D eigenvalue weighted by Crippen LogP contribution is -2.10. The van der Waals surface area contributed by atoms with Crippen LogP contribution in [0.15, 0.2) is 48.5 Å². The zero-order valence-electron chi connectivity index (χ0n) is 14.7. The van der Waals surface area contributed by atoms with E-state index in [0.29, 0.717) is 17.9 Å². The zero-order chi connectivity index (χ0) is 17.8. The number of aryl methyl sites for hydroxylation is 2. The molecule has 0 radical (unpaired) electrons. The first-order chi connectivity index (χ1) is 12.1. The van der Waals surface area contributed by atoms with E-state index in [9.17, 15) is 4.79 Å². The number of esters is 1. The minimum absolute atomic E-state index is 0.332. The first-order valence-electron chi connectivity index (χ1n) is 8.41. The normalized spacial score (nSPS) is 11.2. The maximum atomic E-state index is 12.5. The van der Waals surface area contributed by atoms with Crippen LogP contribution in [0.3, 0.4) is 0 Å². The largest absolute Gasteiger partial charge is 0.462 e. The summed E-state index contributed by atoms with van der Waals surface area (Å²) in [5.41, 5.74) is 5.23. The first kappa shape index (κ1) is 16.9. The number of ether oxygens (including phenoxy) is 1. The molecule has 3 nitrogen and oxygen atoms in total. The Morgan fingerprint density at radius 2 is 1.76 bits per heavy atom. The molecule has 126 valence electrons. The highest BCUT2D eigenvalue weighted by Crippen LogP contribution is 2.26. The molecule has 0 spiro atoms. The molecule has 2 aromatic carbocycles. The molecular weight excluding hydrogens is 310 g/mol. The van der Waals surface area contributed by atoms with Gasteiger partial charge in [0.1, 0.15) is 0 Å². The van der Waals surface area contributed by atoms with Crippen LogP contribution in [0.25, 0.3) is 23.1 Å². The molecule has 0 aliphatic heterocycles. The maximum absolute atomic E-state index is 12.5. The second-order valence-corrected chi connectivity index (χ2v) is 5.97. The number of nitrogens with zero attached hydrogens (tertiary/aromatic N) is 1. The van der Waals surface area contributed by atoms with Crippen molar-refractivity contribution in [1.29, 1.82) is 0 Å². The summed E-state index contributed by atoms with van der Waals surface area (Å²) in [5.74, 6) is -0.332. The fourth-order valence-electron chi connectivity index (χ4n) is 2.86. The monoisotopic (exact) mass is 331 g/mol. The van der Waals surface area contributed by atoms with Crippen LogP contribution < -0.4 is 0 Å². The van der Waals surface area contributed by atoms with Gasteiger partial charge in [-0.05, 0) is 32.4 Å². The van der Waals surface area contributed by atoms with Crippen LogP contribution in [0.5, 0.6) is 0 Å². The molecule has 0 unspecified atom stereocenters. The number of carbonyl (C=O) groups is 1. The molecule has 1 heterocycles. The summed E-state index contributed by atoms with van der Waals surface area (Å²) in [4.78, 5) is 17.1. The topological polar surface area (TPSA) is 39.2 Å². The number of carbonyl (C=O) groups excluding carboxylic acids is 1. The minimum atomic E-state index is -0.332. The average molecular weight is 331 g/mol. The van der Waals surface area contributed by atoms with Crippen molar-refractivity contribution < 1.29 is 9.53 Å². The van der Waals surface area contributed by atoms with E-state index in [1.807, 2.05) is 50.3 Å². The quantitative estimate of drug-likeness (QED) is 0.617. The lowest BCUT2D eigenvalue weighted by molar-refractivity contribution is 0.0525. The summed E-state index contributed by atoms with van der Waals surface area (Å²) in [6.45, 7) is 6.06.